The van der Waals surface area contributed by atoms with Crippen LogP contribution in [0.1, 0.15) is 36.0 Å². The molecule has 192 valence electrons. The van der Waals surface area contributed by atoms with Crippen LogP contribution in [-0.4, -0.2) is 25.7 Å². The van der Waals surface area contributed by atoms with Crippen molar-refractivity contribution in [2.75, 3.05) is 6.26 Å². The van der Waals surface area contributed by atoms with Gasteiger partial charge in [0.1, 0.15) is 12.4 Å². The van der Waals surface area contributed by atoms with Gasteiger partial charge in [0.2, 0.25) is 0 Å². The molecule has 0 saturated heterocycles. The third-order valence-electron chi connectivity index (χ3n) is 5.94. The first-order chi connectivity index (χ1) is 17.2. The van der Waals surface area contributed by atoms with Gasteiger partial charge in [-0.3, -0.25) is 4.79 Å². The van der Waals surface area contributed by atoms with Crippen molar-refractivity contribution in [2.24, 2.45) is 0 Å². The van der Waals surface area contributed by atoms with Crippen LogP contribution in [0.15, 0.2) is 70.9 Å². The molecule has 0 spiro atoms. The van der Waals surface area contributed by atoms with E-state index >= 15 is 0 Å². The van der Waals surface area contributed by atoms with Gasteiger partial charge in [-0.25, -0.2) is 8.42 Å². The molecule has 37 heavy (non-hydrogen) atoms. The van der Waals surface area contributed by atoms with Gasteiger partial charge in [0.25, 0.3) is 0 Å². The standard InChI is InChI=1S/C29H26O5S2.H2S/c1-4-5-22(16-29(30)31)21-7-9-23(10-8-21)34-17-20-6-13-28-26(15-20)27(18-35-28)25-12-11-24(14-19(25)2)36(3,32)33;/h6-15,18,22H,16-17H2,1-3H3,(H,30,31);1H2/t22-;/m0./s1. The lowest BCUT2D eigenvalue weighted by atomic mass is 9.96. The molecule has 0 fully saturated rings. The topological polar surface area (TPSA) is 80.7 Å². The molecule has 4 aromatic rings. The van der Waals surface area contributed by atoms with E-state index < -0.39 is 15.8 Å². The van der Waals surface area contributed by atoms with Crippen molar-refractivity contribution in [1.29, 1.82) is 0 Å². The number of hydrogen-bond donors (Lipinski definition) is 1. The number of carboxylic acids is 1. The second-order valence-corrected chi connectivity index (χ2v) is 11.6. The Morgan fingerprint density at radius 2 is 1.78 bits per heavy atom. The summed E-state index contributed by atoms with van der Waals surface area (Å²) in [5, 5.41) is 12.3. The molecule has 0 bridgehead atoms. The highest BCUT2D eigenvalue weighted by Gasteiger charge is 2.15. The van der Waals surface area contributed by atoms with Crippen LogP contribution in [0.2, 0.25) is 0 Å². The molecule has 0 unspecified atom stereocenters. The van der Waals surface area contributed by atoms with Crippen LogP contribution in [0.3, 0.4) is 0 Å². The van der Waals surface area contributed by atoms with Crippen LogP contribution >= 0.6 is 24.8 Å². The van der Waals surface area contributed by atoms with E-state index in [2.05, 4.69) is 29.4 Å². The van der Waals surface area contributed by atoms with E-state index in [4.69, 9.17) is 9.84 Å². The van der Waals surface area contributed by atoms with Crippen LogP contribution < -0.4 is 4.74 Å². The minimum Gasteiger partial charge on any atom is -0.489 e. The summed E-state index contributed by atoms with van der Waals surface area (Å²) in [6.45, 7) is 4.01. The van der Waals surface area contributed by atoms with Crippen LogP contribution in [-0.2, 0) is 21.2 Å². The van der Waals surface area contributed by atoms with Gasteiger partial charge in [0.15, 0.2) is 9.84 Å². The number of ether oxygens (including phenoxy) is 1. The fourth-order valence-corrected chi connectivity index (χ4v) is 5.76. The first-order valence-corrected chi connectivity index (χ1v) is 14.1. The largest absolute Gasteiger partial charge is 0.489 e. The van der Waals surface area contributed by atoms with Crippen molar-refractivity contribution in [1.82, 2.24) is 0 Å². The molecule has 0 aliphatic rings. The Bertz CT molecular complexity index is 1590. The molecular formula is C29H28O5S3. The molecule has 1 aromatic heterocycles. The van der Waals surface area contributed by atoms with E-state index in [1.807, 2.05) is 43.3 Å². The average Bonchev–Trinajstić information content (AvgIpc) is 3.25. The molecule has 0 amide bonds. The fourth-order valence-electron chi connectivity index (χ4n) is 4.11. The predicted molar refractivity (Wildman–Crippen MR) is 155 cm³/mol. The third-order valence-corrected chi connectivity index (χ3v) is 8.01. The summed E-state index contributed by atoms with van der Waals surface area (Å²) < 4.78 is 31.0. The molecule has 8 heteroatoms. The highest BCUT2D eigenvalue weighted by atomic mass is 32.2. The first kappa shape index (κ1) is 28.3. The molecule has 1 atom stereocenters. The molecule has 0 radical (unpaired) electrons. The molecule has 3 aromatic carbocycles. The minimum absolute atomic E-state index is 0. The van der Waals surface area contributed by atoms with Crippen molar-refractivity contribution in [3.63, 3.8) is 0 Å². The third kappa shape index (κ3) is 6.75. The highest BCUT2D eigenvalue weighted by Crippen LogP contribution is 2.37. The Morgan fingerprint density at radius 3 is 2.41 bits per heavy atom. The number of carboxylic acid groups (broad SMARTS) is 1. The summed E-state index contributed by atoms with van der Waals surface area (Å²) in [6.07, 6.45) is 1.18. The molecule has 5 nitrogen and oxygen atoms in total. The van der Waals surface area contributed by atoms with Crippen molar-refractivity contribution in [3.8, 4) is 28.7 Å². The maximum absolute atomic E-state index is 11.9. The van der Waals surface area contributed by atoms with Crippen LogP contribution in [0, 0.1) is 18.8 Å². The predicted octanol–water partition coefficient (Wildman–Crippen LogP) is 6.55. The Hall–Kier alpha value is -3.25. The van der Waals surface area contributed by atoms with Crippen LogP contribution in [0.25, 0.3) is 21.2 Å². The average molecular weight is 553 g/mol. The molecule has 1 N–H and O–H groups in total. The SMILES string of the molecule is CC#C[C@@H](CC(=O)O)c1ccc(OCc2ccc3scc(-c4ccc(S(C)(=O)=O)cc4C)c3c2)cc1.S. The van der Waals surface area contributed by atoms with E-state index in [0.29, 0.717) is 17.3 Å². The maximum Gasteiger partial charge on any atom is 0.304 e. The number of benzene rings is 3. The Labute approximate surface area is 228 Å². The second-order valence-electron chi connectivity index (χ2n) is 8.63. The number of sulfone groups is 1. The lowest BCUT2D eigenvalue weighted by Crippen LogP contribution is -2.04. The van der Waals surface area contributed by atoms with Gasteiger partial charge in [-0.15, -0.1) is 17.3 Å². The molecule has 4 rings (SSSR count). The number of thiophene rings is 1. The lowest BCUT2D eigenvalue weighted by Gasteiger charge is -2.11. The fraction of sp³-hybridized carbons (Fsp3) is 0.207. The second kappa shape index (κ2) is 11.9. The lowest BCUT2D eigenvalue weighted by molar-refractivity contribution is -0.137. The van der Waals surface area contributed by atoms with E-state index in [-0.39, 0.29) is 25.8 Å². The van der Waals surface area contributed by atoms with E-state index in [1.165, 1.54) is 6.26 Å². The van der Waals surface area contributed by atoms with Crippen molar-refractivity contribution in [2.45, 2.75) is 37.7 Å². The van der Waals surface area contributed by atoms with Gasteiger partial charge in [-0.1, -0.05) is 30.2 Å². The van der Waals surface area contributed by atoms with Gasteiger partial charge in [-0.05, 0) is 77.9 Å². The number of carbonyl (C=O) groups is 1. The summed E-state index contributed by atoms with van der Waals surface area (Å²) >= 11 is 1.65. The quantitative estimate of drug-likeness (QED) is 0.251. The van der Waals surface area contributed by atoms with Crippen LogP contribution in [0.5, 0.6) is 5.75 Å². The number of fused-ring (bicyclic) bond motifs is 1. The number of rotatable bonds is 8. The first-order valence-electron chi connectivity index (χ1n) is 11.3. The van der Waals surface area contributed by atoms with Crippen LogP contribution in [0.4, 0.5) is 0 Å². The Kier molecular flexibility index (Phi) is 9.08. The minimum atomic E-state index is -3.26. The Balaban J connectivity index is 0.00000380. The van der Waals surface area contributed by atoms with Gasteiger partial charge >= 0.3 is 5.97 Å². The number of aryl methyl sites for hydroxylation is 1. The van der Waals surface area contributed by atoms with E-state index in [9.17, 15) is 13.2 Å². The zero-order chi connectivity index (χ0) is 25.9. The van der Waals surface area contributed by atoms with E-state index in [1.54, 1.807) is 30.4 Å². The van der Waals surface area contributed by atoms with Gasteiger partial charge in [-0.2, -0.15) is 13.5 Å². The molecular weight excluding hydrogens is 525 g/mol. The van der Waals surface area contributed by atoms with Crippen molar-refractivity contribution < 1.29 is 23.1 Å². The van der Waals surface area contributed by atoms with Gasteiger partial charge < -0.3 is 9.84 Å². The summed E-state index contributed by atoms with van der Waals surface area (Å²) in [6, 6.07) is 18.9. The van der Waals surface area contributed by atoms with Crippen molar-refractivity contribution in [3.05, 3.63) is 82.7 Å². The zero-order valence-corrected chi connectivity index (χ0v) is 23.4. The number of aliphatic carboxylic acids is 1. The summed E-state index contributed by atoms with van der Waals surface area (Å²) in [7, 11) is -3.26. The molecule has 0 saturated carbocycles. The number of hydrogen-bond acceptors (Lipinski definition) is 5. The van der Waals surface area contributed by atoms with E-state index in [0.717, 1.165) is 37.9 Å². The monoisotopic (exact) mass is 552 g/mol. The molecule has 0 aliphatic carbocycles. The highest BCUT2D eigenvalue weighted by molar-refractivity contribution is 7.90. The van der Waals surface area contributed by atoms with Gasteiger partial charge in [0.05, 0.1) is 17.2 Å². The van der Waals surface area contributed by atoms with Crippen molar-refractivity contribution >= 4 is 50.7 Å². The zero-order valence-electron chi connectivity index (χ0n) is 20.7. The Morgan fingerprint density at radius 1 is 1.05 bits per heavy atom. The summed E-state index contributed by atoms with van der Waals surface area (Å²) in [5.74, 6) is 5.22. The summed E-state index contributed by atoms with van der Waals surface area (Å²) in [5.41, 5.74) is 4.85. The smallest absolute Gasteiger partial charge is 0.304 e. The maximum atomic E-state index is 11.9. The molecule has 0 aliphatic heterocycles. The van der Waals surface area contributed by atoms with Gasteiger partial charge in [0, 0.05) is 21.9 Å². The molecule has 1 heterocycles. The summed E-state index contributed by atoms with van der Waals surface area (Å²) in [4.78, 5) is 11.4. The normalized spacial score (nSPS) is 11.8.